The van der Waals surface area contributed by atoms with Crippen LogP contribution < -0.4 is 4.72 Å². The summed E-state index contributed by atoms with van der Waals surface area (Å²) in [6, 6.07) is 7.25. The molecule has 6 nitrogen and oxygen atoms in total. The van der Waals surface area contributed by atoms with E-state index in [9.17, 15) is 8.42 Å². The standard InChI is InChI=1S/C13H20N2O4S/c16-8-2-4-12-3-1-5-13(11-12)14-20(17,18)15-6-9-19-10-7-15/h1,3,5,11,14,16H,2,4,6-10H2. The second-order valence-electron chi connectivity index (χ2n) is 4.65. The number of morpholine rings is 1. The summed E-state index contributed by atoms with van der Waals surface area (Å²) in [7, 11) is -3.52. The van der Waals surface area contributed by atoms with Gasteiger partial charge in [-0.1, -0.05) is 12.1 Å². The summed E-state index contributed by atoms with van der Waals surface area (Å²) >= 11 is 0. The predicted octanol–water partition coefficient (Wildman–Crippen LogP) is 0.600. The van der Waals surface area contributed by atoms with Crippen molar-refractivity contribution in [1.82, 2.24) is 4.31 Å². The van der Waals surface area contributed by atoms with E-state index in [4.69, 9.17) is 9.84 Å². The number of hydrogen-bond acceptors (Lipinski definition) is 4. The summed E-state index contributed by atoms with van der Waals surface area (Å²) in [5.41, 5.74) is 1.55. The number of anilines is 1. The normalized spacial score (nSPS) is 17.1. The van der Waals surface area contributed by atoms with Gasteiger partial charge in [0.25, 0.3) is 0 Å². The molecule has 0 aromatic heterocycles. The molecular formula is C13H20N2O4S. The van der Waals surface area contributed by atoms with Gasteiger partial charge in [-0.15, -0.1) is 0 Å². The first-order chi connectivity index (χ1) is 9.62. The van der Waals surface area contributed by atoms with Gasteiger partial charge in [0, 0.05) is 19.7 Å². The van der Waals surface area contributed by atoms with Gasteiger partial charge in [0.2, 0.25) is 0 Å². The lowest BCUT2D eigenvalue weighted by atomic mass is 10.1. The zero-order chi connectivity index (χ0) is 14.4. The van der Waals surface area contributed by atoms with E-state index in [-0.39, 0.29) is 6.61 Å². The summed E-state index contributed by atoms with van der Waals surface area (Å²) in [6.07, 6.45) is 1.39. The molecule has 20 heavy (non-hydrogen) atoms. The summed E-state index contributed by atoms with van der Waals surface area (Å²) in [6.45, 7) is 1.73. The van der Waals surface area contributed by atoms with Gasteiger partial charge in [-0.2, -0.15) is 12.7 Å². The van der Waals surface area contributed by atoms with E-state index in [2.05, 4.69) is 4.72 Å². The van der Waals surface area contributed by atoms with E-state index >= 15 is 0 Å². The molecule has 0 saturated carbocycles. The molecule has 1 heterocycles. The lowest BCUT2D eigenvalue weighted by Crippen LogP contribution is -2.43. The minimum absolute atomic E-state index is 0.129. The third-order valence-electron chi connectivity index (χ3n) is 3.11. The summed E-state index contributed by atoms with van der Waals surface area (Å²) in [5, 5.41) is 8.82. The van der Waals surface area contributed by atoms with Crippen LogP contribution in [0.15, 0.2) is 24.3 Å². The highest BCUT2D eigenvalue weighted by atomic mass is 32.2. The minimum Gasteiger partial charge on any atom is -0.396 e. The number of nitrogens with one attached hydrogen (secondary N) is 1. The average molecular weight is 300 g/mol. The van der Waals surface area contributed by atoms with E-state index < -0.39 is 10.2 Å². The van der Waals surface area contributed by atoms with Crippen molar-refractivity contribution in [3.8, 4) is 0 Å². The highest BCUT2D eigenvalue weighted by Crippen LogP contribution is 2.16. The second-order valence-corrected chi connectivity index (χ2v) is 6.32. The molecule has 0 unspecified atom stereocenters. The quantitative estimate of drug-likeness (QED) is 0.806. The van der Waals surface area contributed by atoms with Gasteiger partial charge >= 0.3 is 10.2 Å². The molecule has 0 bridgehead atoms. The van der Waals surface area contributed by atoms with Crippen molar-refractivity contribution in [2.24, 2.45) is 0 Å². The Morgan fingerprint density at radius 1 is 1.30 bits per heavy atom. The third-order valence-corrected chi connectivity index (χ3v) is 4.65. The second kappa shape index (κ2) is 7.03. The first-order valence-corrected chi connectivity index (χ1v) is 8.11. The van der Waals surface area contributed by atoms with Gasteiger partial charge in [-0.25, -0.2) is 0 Å². The Labute approximate surface area is 119 Å². The SMILES string of the molecule is O=S(=O)(Nc1cccc(CCCO)c1)N1CCOCC1. The number of nitrogens with zero attached hydrogens (tertiary/aromatic N) is 1. The smallest absolute Gasteiger partial charge is 0.301 e. The van der Waals surface area contributed by atoms with Crippen LogP contribution in [0.3, 0.4) is 0 Å². The van der Waals surface area contributed by atoms with Crippen LogP contribution >= 0.6 is 0 Å². The highest BCUT2D eigenvalue weighted by Gasteiger charge is 2.24. The van der Waals surface area contributed by atoms with E-state index in [1.165, 1.54) is 4.31 Å². The van der Waals surface area contributed by atoms with E-state index in [0.717, 1.165) is 12.0 Å². The first-order valence-electron chi connectivity index (χ1n) is 6.67. The highest BCUT2D eigenvalue weighted by molar-refractivity contribution is 7.90. The van der Waals surface area contributed by atoms with Crippen LogP contribution in [0.5, 0.6) is 0 Å². The van der Waals surface area contributed by atoms with Crippen molar-refractivity contribution >= 4 is 15.9 Å². The summed E-state index contributed by atoms with van der Waals surface area (Å²) < 4.78 is 33.5. The van der Waals surface area contributed by atoms with Gasteiger partial charge in [0.15, 0.2) is 0 Å². The van der Waals surface area contributed by atoms with Gasteiger partial charge in [-0.3, -0.25) is 4.72 Å². The van der Waals surface area contributed by atoms with Gasteiger partial charge in [0.1, 0.15) is 0 Å². The van der Waals surface area contributed by atoms with Crippen molar-refractivity contribution < 1.29 is 18.3 Å². The molecule has 1 saturated heterocycles. The van der Waals surface area contributed by atoms with Crippen LogP contribution in [0, 0.1) is 0 Å². The zero-order valence-electron chi connectivity index (χ0n) is 11.3. The van der Waals surface area contributed by atoms with Crippen LogP contribution in [0.4, 0.5) is 5.69 Å². The number of ether oxygens (including phenoxy) is 1. The molecule has 7 heteroatoms. The van der Waals surface area contributed by atoms with Crippen LogP contribution in [0.2, 0.25) is 0 Å². The van der Waals surface area contributed by atoms with Gasteiger partial charge in [0.05, 0.1) is 18.9 Å². The Balaban J connectivity index is 2.04. The number of rotatable bonds is 6. The van der Waals surface area contributed by atoms with Crippen LogP contribution in [0.1, 0.15) is 12.0 Å². The summed E-state index contributed by atoms with van der Waals surface area (Å²) in [4.78, 5) is 0. The Morgan fingerprint density at radius 2 is 2.05 bits per heavy atom. The Bertz CT molecular complexity index is 527. The molecule has 0 spiro atoms. The molecule has 1 aromatic carbocycles. The monoisotopic (exact) mass is 300 g/mol. The van der Waals surface area contributed by atoms with E-state index in [1.54, 1.807) is 12.1 Å². The maximum absolute atomic E-state index is 12.2. The molecular weight excluding hydrogens is 280 g/mol. The molecule has 0 atom stereocenters. The van der Waals surface area contributed by atoms with Crippen molar-refractivity contribution in [1.29, 1.82) is 0 Å². The zero-order valence-corrected chi connectivity index (χ0v) is 12.1. The van der Waals surface area contributed by atoms with Gasteiger partial charge in [-0.05, 0) is 30.5 Å². The number of aliphatic hydroxyl groups excluding tert-OH is 1. The number of aliphatic hydroxyl groups is 1. The Hall–Kier alpha value is -1.15. The topological polar surface area (TPSA) is 78.9 Å². The fraction of sp³-hybridized carbons (Fsp3) is 0.538. The molecule has 2 N–H and O–H groups in total. The van der Waals surface area contributed by atoms with Crippen LogP contribution in [-0.4, -0.2) is 50.7 Å². The lowest BCUT2D eigenvalue weighted by molar-refractivity contribution is 0.0733. The Kier molecular flexibility index (Phi) is 5.36. The van der Waals surface area contributed by atoms with Crippen LogP contribution in [-0.2, 0) is 21.4 Å². The maximum Gasteiger partial charge on any atom is 0.301 e. The van der Waals surface area contributed by atoms with Crippen molar-refractivity contribution in [3.63, 3.8) is 0 Å². The maximum atomic E-state index is 12.2. The minimum atomic E-state index is -3.52. The lowest BCUT2D eigenvalue weighted by Gasteiger charge is -2.26. The van der Waals surface area contributed by atoms with Crippen molar-refractivity contribution in [2.75, 3.05) is 37.6 Å². The predicted molar refractivity (Wildman–Crippen MR) is 76.8 cm³/mol. The molecule has 0 aliphatic carbocycles. The fourth-order valence-electron chi connectivity index (χ4n) is 2.07. The first kappa shape index (κ1) is 15.2. The molecule has 1 aliphatic rings. The molecule has 1 aliphatic heterocycles. The molecule has 2 rings (SSSR count). The number of hydrogen-bond donors (Lipinski definition) is 2. The number of benzene rings is 1. The largest absolute Gasteiger partial charge is 0.396 e. The molecule has 0 amide bonds. The van der Waals surface area contributed by atoms with Crippen LogP contribution in [0.25, 0.3) is 0 Å². The Morgan fingerprint density at radius 3 is 2.75 bits per heavy atom. The number of aryl methyl sites for hydroxylation is 1. The average Bonchev–Trinajstić information content (AvgIpc) is 2.46. The molecule has 1 fully saturated rings. The molecule has 0 radical (unpaired) electrons. The molecule has 112 valence electrons. The van der Waals surface area contributed by atoms with Crippen molar-refractivity contribution in [3.05, 3.63) is 29.8 Å². The van der Waals surface area contributed by atoms with Gasteiger partial charge < -0.3 is 9.84 Å². The molecule has 1 aromatic rings. The third kappa shape index (κ3) is 4.17. The fourth-order valence-corrected chi connectivity index (χ4v) is 3.26. The van der Waals surface area contributed by atoms with E-state index in [1.807, 2.05) is 12.1 Å². The van der Waals surface area contributed by atoms with Crippen molar-refractivity contribution in [2.45, 2.75) is 12.8 Å². The summed E-state index contributed by atoms with van der Waals surface area (Å²) in [5.74, 6) is 0. The van der Waals surface area contributed by atoms with E-state index in [0.29, 0.717) is 38.4 Å².